The van der Waals surface area contributed by atoms with Crippen LogP contribution in [0.25, 0.3) is 0 Å². The number of amides is 1. The predicted molar refractivity (Wildman–Crippen MR) is 88.4 cm³/mol. The first-order chi connectivity index (χ1) is 9.36. The SMILES string of the molecule is COC[C@H](C)N(C)C(=O)CSc1cc(C)c(Br)cc1C. The second-order valence-corrected chi connectivity index (χ2v) is 6.84. The van der Waals surface area contributed by atoms with Gasteiger partial charge in [-0.15, -0.1) is 11.8 Å². The summed E-state index contributed by atoms with van der Waals surface area (Å²) in [4.78, 5) is 15.0. The van der Waals surface area contributed by atoms with E-state index in [1.165, 1.54) is 11.1 Å². The Morgan fingerprint density at radius 3 is 2.65 bits per heavy atom. The number of benzene rings is 1. The third kappa shape index (κ3) is 4.79. The molecule has 1 aromatic rings. The van der Waals surface area contributed by atoms with Gasteiger partial charge in [0.2, 0.25) is 5.91 Å². The lowest BCUT2D eigenvalue weighted by Crippen LogP contribution is -2.38. The first-order valence-electron chi connectivity index (χ1n) is 6.51. The van der Waals surface area contributed by atoms with E-state index in [-0.39, 0.29) is 11.9 Å². The van der Waals surface area contributed by atoms with E-state index in [1.54, 1.807) is 23.8 Å². The van der Waals surface area contributed by atoms with E-state index in [1.807, 2.05) is 14.0 Å². The molecule has 0 aromatic heterocycles. The predicted octanol–water partition coefficient (Wildman–Crippen LogP) is 3.65. The van der Waals surface area contributed by atoms with E-state index in [9.17, 15) is 4.79 Å². The van der Waals surface area contributed by atoms with Crippen LogP contribution < -0.4 is 0 Å². The topological polar surface area (TPSA) is 29.5 Å². The number of aryl methyl sites for hydroxylation is 2. The maximum atomic E-state index is 12.1. The molecular weight excluding hydrogens is 338 g/mol. The zero-order valence-corrected chi connectivity index (χ0v) is 15.1. The highest BCUT2D eigenvalue weighted by molar-refractivity contribution is 9.10. The van der Waals surface area contributed by atoms with E-state index in [0.717, 1.165) is 9.37 Å². The van der Waals surface area contributed by atoms with Gasteiger partial charge in [0.05, 0.1) is 18.4 Å². The van der Waals surface area contributed by atoms with Gasteiger partial charge in [-0.2, -0.15) is 0 Å². The van der Waals surface area contributed by atoms with Crippen molar-refractivity contribution in [1.29, 1.82) is 0 Å². The molecule has 0 spiro atoms. The first-order valence-corrected chi connectivity index (χ1v) is 8.28. The van der Waals surface area contributed by atoms with Gasteiger partial charge >= 0.3 is 0 Å². The maximum absolute atomic E-state index is 12.1. The van der Waals surface area contributed by atoms with Crippen LogP contribution in [0.2, 0.25) is 0 Å². The summed E-state index contributed by atoms with van der Waals surface area (Å²) in [7, 11) is 3.48. The quantitative estimate of drug-likeness (QED) is 0.726. The third-order valence-corrected chi connectivity index (χ3v) is 5.27. The summed E-state index contributed by atoms with van der Waals surface area (Å²) in [5.74, 6) is 0.575. The van der Waals surface area contributed by atoms with Gasteiger partial charge in [-0.25, -0.2) is 0 Å². The molecule has 1 rings (SSSR count). The van der Waals surface area contributed by atoms with E-state index < -0.39 is 0 Å². The molecule has 0 aliphatic rings. The summed E-state index contributed by atoms with van der Waals surface area (Å²) < 4.78 is 6.19. The molecule has 1 atom stereocenters. The van der Waals surface area contributed by atoms with Crippen LogP contribution in [0.5, 0.6) is 0 Å². The van der Waals surface area contributed by atoms with Crippen LogP contribution in [-0.4, -0.2) is 43.4 Å². The summed E-state index contributed by atoms with van der Waals surface area (Å²) in [6.07, 6.45) is 0. The van der Waals surface area contributed by atoms with Gasteiger partial charge in [-0.1, -0.05) is 15.9 Å². The van der Waals surface area contributed by atoms with Crippen molar-refractivity contribution in [2.24, 2.45) is 0 Å². The van der Waals surface area contributed by atoms with Crippen LogP contribution in [0, 0.1) is 13.8 Å². The fourth-order valence-corrected chi connectivity index (χ4v) is 3.24. The lowest BCUT2D eigenvalue weighted by Gasteiger charge is -2.24. The van der Waals surface area contributed by atoms with Gasteiger partial charge in [-0.05, 0) is 44.0 Å². The number of nitrogens with zero attached hydrogens (tertiary/aromatic N) is 1. The van der Waals surface area contributed by atoms with Crippen LogP contribution in [0.3, 0.4) is 0 Å². The van der Waals surface area contributed by atoms with E-state index in [2.05, 4.69) is 41.9 Å². The average Bonchev–Trinajstić information content (AvgIpc) is 2.40. The fraction of sp³-hybridized carbons (Fsp3) is 0.533. The Balaban J connectivity index is 2.63. The summed E-state index contributed by atoms with van der Waals surface area (Å²) in [6, 6.07) is 4.32. The molecule has 0 aliphatic carbocycles. The fourth-order valence-electron chi connectivity index (χ4n) is 1.75. The molecular formula is C15H22BrNO2S. The van der Waals surface area contributed by atoms with Gasteiger partial charge in [0, 0.05) is 23.5 Å². The summed E-state index contributed by atoms with van der Waals surface area (Å²) in [6.45, 7) is 6.67. The van der Waals surface area contributed by atoms with E-state index in [0.29, 0.717) is 12.4 Å². The second kappa shape index (κ2) is 8.05. The zero-order chi connectivity index (χ0) is 15.3. The van der Waals surface area contributed by atoms with Crippen molar-refractivity contribution in [3.05, 3.63) is 27.7 Å². The van der Waals surface area contributed by atoms with E-state index >= 15 is 0 Å². The average molecular weight is 360 g/mol. The highest BCUT2D eigenvalue weighted by Gasteiger charge is 2.16. The number of thioether (sulfide) groups is 1. The molecule has 0 saturated heterocycles. The lowest BCUT2D eigenvalue weighted by atomic mass is 10.2. The molecule has 112 valence electrons. The lowest BCUT2D eigenvalue weighted by molar-refractivity contribution is -0.129. The van der Waals surface area contributed by atoms with Crippen molar-refractivity contribution < 1.29 is 9.53 Å². The molecule has 0 fully saturated rings. The van der Waals surface area contributed by atoms with Gasteiger partial charge in [0.1, 0.15) is 0 Å². The Morgan fingerprint density at radius 1 is 1.40 bits per heavy atom. The number of hydrogen-bond acceptors (Lipinski definition) is 3. The van der Waals surface area contributed by atoms with Gasteiger partial charge in [-0.3, -0.25) is 4.79 Å². The van der Waals surface area contributed by atoms with Crippen LogP contribution in [0.1, 0.15) is 18.1 Å². The van der Waals surface area contributed by atoms with Crippen molar-refractivity contribution >= 4 is 33.6 Å². The molecule has 0 bridgehead atoms. The Morgan fingerprint density at radius 2 is 2.05 bits per heavy atom. The molecule has 3 nitrogen and oxygen atoms in total. The third-order valence-electron chi connectivity index (χ3n) is 3.27. The normalized spacial score (nSPS) is 12.3. The molecule has 0 saturated carbocycles. The van der Waals surface area contributed by atoms with Gasteiger partial charge in [0.25, 0.3) is 0 Å². The van der Waals surface area contributed by atoms with Crippen molar-refractivity contribution in [3.8, 4) is 0 Å². The number of rotatable bonds is 6. The number of hydrogen-bond donors (Lipinski definition) is 0. The molecule has 5 heteroatoms. The summed E-state index contributed by atoms with van der Waals surface area (Å²) >= 11 is 5.11. The standard InChI is InChI=1S/C15H22BrNO2S/c1-10-7-14(11(2)6-13(10)16)20-9-15(18)17(4)12(3)8-19-5/h6-7,12H,8-9H2,1-5H3/t12-/m0/s1. The maximum Gasteiger partial charge on any atom is 0.232 e. The largest absolute Gasteiger partial charge is 0.383 e. The smallest absolute Gasteiger partial charge is 0.232 e. The number of likely N-dealkylation sites (N-methyl/N-ethyl adjacent to an activating group) is 1. The summed E-state index contributed by atoms with van der Waals surface area (Å²) in [5, 5.41) is 0. The Hall–Kier alpha value is -0.520. The summed E-state index contributed by atoms with van der Waals surface area (Å²) in [5.41, 5.74) is 2.37. The van der Waals surface area contributed by atoms with Gasteiger partial charge in [0.15, 0.2) is 0 Å². The Kier molecular flexibility index (Phi) is 7.06. The zero-order valence-electron chi connectivity index (χ0n) is 12.7. The first kappa shape index (κ1) is 17.5. The van der Waals surface area contributed by atoms with Crippen molar-refractivity contribution in [2.45, 2.75) is 31.7 Å². The molecule has 1 aromatic carbocycles. The number of carbonyl (C=O) groups excluding carboxylic acids is 1. The number of methoxy groups -OCH3 is 1. The molecule has 0 aliphatic heterocycles. The second-order valence-electron chi connectivity index (χ2n) is 4.96. The van der Waals surface area contributed by atoms with E-state index in [4.69, 9.17) is 4.74 Å². The van der Waals surface area contributed by atoms with Crippen LogP contribution >= 0.6 is 27.7 Å². The molecule has 0 radical (unpaired) electrons. The van der Waals surface area contributed by atoms with Gasteiger partial charge < -0.3 is 9.64 Å². The molecule has 1 amide bonds. The van der Waals surface area contributed by atoms with Crippen LogP contribution in [-0.2, 0) is 9.53 Å². The molecule has 0 unspecified atom stereocenters. The van der Waals surface area contributed by atoms with Crippen molar-refractivity contribution in [3.63, 3.8) is 0 Å². The number of ether oxygens (including phenoxy) is 1. The monoisotopic (exact) mass is 359 g/mol. The Bertz CT molecular complexity index is 479. The van der Waals surface area contributed by atoms with Crippen molar-refractivity contribution in [2.75, 3.05) is 26.5 Å². The highest BCUT2D eigenvalue weighted by Crippen LogP contribution is 2.28. The minimum Gasteiger partial charge on any atom is -0.383 e. The minimum atomic E-state index is 0.0980. The minimum absolute atomic E-state index is 0.0980. The molecule has 0 heterocycles. The number of carbonyl (C=O) groups is 1. The Labute approximate surface area is 134 Å². The van der Waals surface area contributed by atoms with Crippen LogP contribution in [0.4, 0.5) is 0 Å². The van der Waals surface area contributed by atoms with Crippen molar-refractivity contribution in [1.82, 2.24) is 4.90 Å². The highest BCUT2D eigenvalue weighted by atomic mass is 79.9. The van der Waals surface area contributed by atoms with Crippen LogP contribution in [0.15, 0.2) is 21.5 Å². The number of halogens is 1. The molecule has 0 N–H and O–H groups in total. The molecule has 20 heavy (non-hydrogen) atoms.